The number of hydrogen-bond acceptors (Lipinski definition) is 5. The van der Waals surface area contributed by atoms with Gasteiger partial charge < -0.3 is 10.2 Å². The van der Waals surface area contributed by atoms with Crippen LogP contribution in [0.4, 0.5) is 17.3 Å². The van der Waals surface area contributed by atoms with Crippen LogP contribution in [0.15, 0.2) is 30.3 Å². The zero-order valence-corrected chi connectivity index (χ0v) is 13.4. The van der Waals surface area contributed by atoms with Crippen LogP contribution in [0.2, 0.25) is 0 Å². The Morgan fingerprint density at radius 3 is 2.61 bits per heavy atom. The molecule has 23 heavy (non-hydrogen) atoms. The molecule has 1 fully saturated rings. The molecule has 0 radical (unpaired) electrons. The predicted octanol–water partition coefficient (Wildman–Crippen LogP) is 3.78. The molecule has 5 heteroatoms. The maximum absolute atomic E-state index is 9.00. The lowest BCUT2D eigenvalue weighted by molar-refractivity contribution is 0.726. The highest BCUT2D eigenvalue weighted by Gasteiger charge is 2.13. The topological polar surface area (TPSA) is 64.8 Å². The van der Waals surface area contributed by atoms with Gasteiger partial charge in [-0.1, -0.05) is 18.9 Å². The van der Waals surface area contributed by atoms with Crippen molar-refractivity contribution in [2.45, 2.75) is 32.6 Å². The number of benzene rings is 1. The highest BCUT2D eigenvalue weighted by molar-refractivity contribution is 5.61. The molecule has 1 aromatic heterocycles. The fourth-order valence-corrected chi connectivity index (χ4v) is 2.89. The number of nitrogens with one attached hydrogen (secondary N) is 1. The minimum Gasteiger partial charge on any atom is -0.356 e. The van der Waals surface area contributed by atoms with Gasteiger partial charge in [0.15, 0.2) is 0 Å². The molecule has 0 atom stereocenters. The van der Waals surface area contributed by atoms with Crippen molar-refractivity contribution >= 4 is 17.3 Å². The first-order valence-electron chi connectivity index (χ1n) is 8.12. The van der Waals surface area contributed by atoms with Gasteiger partial charge in [-0.3, -0.25) is 0 Å². The third-order valence-electron chi connectivity index (χ3n) is 4.02. The Morgan fingerprint density at radius 2 is 1.87 bits per heavy atom. The summed E-state index contributed by atoms with van der Waals surface area (Å²) in [7, 11) is 0. The summed E-state index contributed by atoms with van der Waals surface area (Å²) >= 11 is 0. The minimum absolute atomic E-state index is 0.633. The van der Waals surface area contributed by atoms with Gasteiger partial charge in [-0.2, -0.15) is 5.26 Å². The highest BCUT2D eigenvalue weighted by Crippen LogP contribution is 2.22. The van der Waals surface area contributed by atoms with Crippen molar-refractivity contribution in [2.24, 2.45) is 0 Å². The van der Waals surface area contributed by atoms with Gasteiger partial charge in [-0.05, 0) is 38.0 Å². The molecule has 2 aromatic rings. The molecule has 0 saturated carbocycles. The van der Waals surface area contributed by atoms with Crippen molar-refractivity contribution in [1.82, 2.24) is 9.97 Å². The Hall–Kier alpha value is -2.61. The fraction of sp³-hybridized carbons (Fsp3) is 0.389. The van der Waals surface area contributed by atoms with E-state index in [1.54, 1.807) is 6.07 Å². The summed E-state index contributed by atoms with van der Waals surface area (Å²) in [4.78, 5) is 11.4. The smallest absolute Gasteiger partial charge is 0.136 e. The molecule has 0 unspecified atom stereocenters. The second kappa shape index (κ2) is 7.10. The molecule has 0 aliphatic carbocycles. The van der Waals surface area contributed by atoms with Crippen LogP contribution in [0.3, 0.4) is 0 Å². The van der Waals surface area contributed by atoms with E-state index in [1.807, 2.05) is 31.2 Å². The molecule has 5 nitrogen and oxygen atoms in total. The first kappa shape index (κ1) is 15.3. The van der Waals surface area contributed by atoms with E-state index in [9.17, 15) is 0 Å². The molecule has 0 bridgehead atoms. The van der Waals surface area contributed by atoms with E-state index in [0.29, 0.717) is 5.56 Å². The zero-order valence-electron chi connectivity index (χ0n) is 13.4. The van der Waals surface area contributed by atoms with E-state index in [0.717, 1.165) is 36.2 Å². The first-order chi connectivity index (χ1) is 11.2. The number of rotatable bonds is 3. The van der Waals surface area contributed by atoms with Gasteiger partial charge in [0, 0.05) is 24.8 Å². The van der Waals surface area contributed by atoms with E-state index < -0.39 is 0 Å². The van der Waals surface area contributed by atoms with Crippen LogP contribution in [0, 0.1) is 18.3 Å². The number of aryl methyl sites for hydroxylation is 1. The third-order valence-corrected chi connectivity index (χ3v) is 4.02. The molecule has 1 aromatic carbocycles. The van der Waals surface area contributed by atoms with Gasteiger partial charge >= 0.3 is 0 Å². The molecule has 118 valence electrons. The maximum atomic E-state index is 9.00. The number of anilines is 3. The summed E-state index contributed by atoms with van der Waals surface area (Å²) in [5, 5.41) is 12.3. The standard InChI is InChI=1S/C18H21N5/c1-14-20-17(22-16-8-6-7-15(11-16)13-19)12-18(21-14)23-9-4-2-3-5-10-23/h6-8,11-12H,2-5,9-10H2,1H3,(H,20,21,22). The predicted molar refractivity (Wildman–Crippen MR) is 91.9 cm³/mol. The van der Waals surface area contributed by atoms with Crippen molar-refractivity contribution < 1.29 is 0 Å². The Labute approximate surface area is 137 Å². The lowest BCUT2D eigenvalue weighted by Gasteiger charge is -2.22. The maximum Gasteiger partial charge on any atom is 0.136 e. The Morgan fingerprint density at radius 1 is 1.09 bits per heavy atom. The zero-order chi connectivity index (χ0) is 16.1. The molecule has 3 rings (SSSR count). The van der Waals surface area contributed by atoms with Crippen LogP contribution >= 0.6 is 0 Å². The average molecular weight is 307 g/mol. The van der Waals surface area contributed by atoms with Gasteiger partial charge in [0.1, 0.15) is 17.5 Å². The lowest BCUT2D eigenvalue weighted by Crippen LogP contribution is -2.25. The summed E-state index contributed by atoms with van der Waals surface area (Å²) in [6, 6.07) is 11.6. The number of aromatic nitrogens is 2. The molecular weight excluding hydrogens is 286 g/mol. The van der Waals surface area contributed by atoms with Crippen LogP contribution in [0.5, 0.6) is 0 Å². The van der Waals surface area contributed by atoms with Crippen LogP contribution < -0.4 is 10.2 Å². The lowest BCUT2D eigenvalue weighted by atomic mass is 10.2. The van der Waals surface area contributed by atoms with Gasteiger partial charge in [0.05, 0.1) is 11.6 Å². The van der Waals surface area contributed by atoms with E-state index in [4.69, 9.17) is 5.26 Å². The summed E-state index contributed by atoms with van der Waals surface area (Å²) in [6.45, 7) is 4.03. The molecule has 0 spiro atoms. The number of nitriles is 1. The summed E-state index contributed by atoms with van der Waals surface area (Å²) in [5.41, 5.74) is 1.50. The van der Waals surface area contributed by atoms with Crippen molar-refractivity contribution in [3.63, 3.8) is 0 Å². The van der Waals surface area contributed by atoms with Gasteiger partial charge in [-0.25, -0.2) is 9.97 Å². The fourth-order valence-electron chi connectivity index (χ4n) is 2.89. The minimum atomic E-state index is 0.633. The van der Waals surface area contributed by atoms with Gasteiger partial charge in [0.25, 0.3) is 0 Å². The first-order valence-corrected chi connectivity index (χ1v) is 8.12. The summed E-state index contributed by atoms with van der Waals surface area (Å²) in [5.74, 6) is 2.51. The molecule has 0 amide bonds. The quantitative estimate of drug-likeness (QED) is 0.934. The number of hydrogen-bond donors (Lipinski definition) is 1. The second-order valence-corrected chi connectivity index (χ2v) is 5.88. The Balaban J connectivity index is 1.83. The molecule has 1 saturated heterocycles. The molecule has 1 aliphatic heterocycles. The Kier molecular flexibility index (Phi) is 4.72. The number of nitrogens with zero attached hydrogens (tertiary/aromatic N) is 4. The van der Waals surface area contributed by atoms with E-state index in [2.05, 4.69) is 26.3 Å². The third kappa shape index (κ3) is 3.98. The average Bonchev–Trinajstić information content (AvgIpc) is 2.84. The van der Waals surface area contributed by atoms with Crippen LogP contribution in [-0.4, -0.2) is 23.1 Å². The van der Waals surface area contributed by atoms with Crippen molar-refractivity contribution in [3.8, 4) is 6.07 Å². The van der Waals surface area contributed by atoms with Crippen LogP contribution in [0.25, 0.3) is 0 Å². The van der Waals surface area contributed by atoms with E-state index in [1.165, 1.54) is 25.7 Å². The van der Waals surface area contributed by atoms with Gasteiger partial charge in [-0.15, -0.1) is 0 Å². The summed E-state index contributed by atoms with van der Waals surface area (Å²) < 4.78 is 0. The Bertz CT molecular complexity index is 712. The molecular formula is C18H21N5. The highest BCUT2D eigenvalue weighted by atomic mass is 15.2. The van der Waals surface area contributed by atoms with Crippen molar-refractivity contribution in [1.29, 1.82) is 5.26 Å². The molecule has 1 aliphatic rings. The van der Waals surface area contributed by atoms with Crippen molar-refractivity contribution in [3.05, 3.63) is 41.7 Å². The summed E-state index contributed by atoms with van der Waals surface area (Å²) in [6.07, 6.45) is 5.03. The SMILES string of the molecule is Cc1nc(Nc2cccc(C#N)c2)cc(N2CCCCCC2)n1. The monoisotopic (exact) mass is 307 g/mol. The van der Waals surface area contributed by atoms with E-state index in [-0.39, 0.29) is 0 Å². The van der Waals surface area contributed by atoms with Crippen LogP contribution in [0.1, 0.15) is 37.1 Å². The largest absolute Gasteiger partial charge is 0.356 e. The molecule has 2 heterocycles. The van der Waals surface area contributed by atoms with Gasteiger partial charge in [0.2, 0.25) is 0 Å². The molecule has 1 N–H and O–H groups in total. The second-order valence-electron chi connectivity index (χ2n) is 5.88. The van der Waals surface area contributed by atoms with Crippen molar-refractivity contribution in [2.75, 3.05) is 23.3 Å². The normalized spacial score (nSPS) is 14.9. The van der Waals surface area contributed by atoms with E-state index >= 15 is 0 Å². The van der Waals surface area contributed by atoms with Crippen LogP contribution in [-0.2, 0) is 0 Å².